The number of hydrogen-bond acceptors (Lipinski definition) is 1. The summed E-state index contributed by atoms with van der Waals surface area (Å²) in [4.78, 5) is 18.1. The molecule has 4 rings (SSSR count). The Morgan fingerprint density at radius 3 is 2.68 bits per heavy atom. The highest BCUT2D eigenvalue weighted by Crippen LogP contribution is 2.29. The molecule has 3 heteroatoms. The molecule has 1 aliphatic carbocycles. The first-order valence-corrected chi connectivity index (χ1v) is 9.19. The lowest BCUT2D eigenvalue weighted by Gasteiger charge is -2.23. The maximum absolute atomic E-state index is 12.8. The Kier molecular flexibility index (Phi) is 4.55. The Morgan fingerprint density at radius 1 is 1.04 bits per heavy atom. The van der Waals surface area contributed by atoms with E-state index in [1.54, 1.807) is 0 Å². The van der Waals surface area contributed by atoms with Crippen LogP contribution in [0.5, 0.6) is 0 Å². The summed E-state index contributed by atoms with van der Waals surface area (Å²) < 4.78 is 0. The highest BCUT2D eigenvalue weighted by Gasteiger charge is 2.32. The Morgan fingerprint density at radius 2 is 1.88 bits per heavy atom. The van der Waals surface area contributed by atoms with E-state index in [0.29, 0.717) is 18.4 Å². The largest absolute Gasteiger partial charge is 0.361 e. The summed E-state index contributed by atoms with van der Waals surface area (Å²) in [7, 11) is 0. The van der Waals surface area contributed by atoms with Crippen LogP contribution in [0.1, 0.15) is 36.8 Å². The van der Waals surface area contributed by atoms with Gasteiger partial charge in [0, 0.05) is 30.7 Å². The summed E-state index contributed by atoms with van der Waals surface area (Å²) in [5, 5.41) is 1.22. The number of aromatic nitrogens is 1. The quantitative estimate of drug-likeness (QED) is 0.670. The fraction of sp³-hybridized carbons (Fsp3) is 0.318. The van der Waals surface area contributed by atoms with Gasteiger partial charge < -0.3 is 9.88 Å². The van der Waals surface area contributed by atoms with Gasteiger partial charge in [-0.2, -0.15) is 0 Å². The van der Waals surface area contributed by atoms with Crippen molar-refractivity contribution in [2.45, 2.75) is 44.7 Å². The molecule has 0 aliphatic heterocycles. The van der Waals surface area contributed by atoms with Crippen molar-refractivity contribution < 1.29 is 4.79 Å². The smallest absolute Gasteiger partial charge is 0.223 e. The molecule has 1 heterocycles. The molecule has 1 aliphatic rings. The van der Waals surface area contributed by atoms with E-state index < -0.39 is 0 Å². The molecule has 1 aromatic heterocycles. The molecule has 0 radical (unpaired) electrons. The first-order chi connectivity index (χ1) is 12.3. The number of amides is 1. The van der Waals surface area contributed by atoms with Crippen LogP contribution in [0.3, 0.4) is 0 Å². The molecule has 1 amide bonds. The van der Waals surface area contributed by atoms with E-state index in [-0.39, 0.29) is 0 Å². The standard InChI is InChI=1S/C22H24N2O/c25-22(8-4-7-17-5-2-1-3-6-17)24(20-11-12-20)16-18-9-10-19-13-14-23-21(19)15-18/h1-3,5-6,9-10,13-15,20,23H,4,7-8,11-12,16H2. The third-order valence-electron chi connectivity index (χ3n) is 4.98. The van der Waals surface area contributed by atoms with Crippen LogP contribution in [0.15, 0.2) is 60.8 Å². The third-order valence-corrected chi connectivity index (χ3v) is 4.98. The van der Waals surface area contributed by atoms with E-state index in [9.17, 15) is 4.79 Å². The van der Waals surface area contributed by atoms with E-state index >= 15 is 0 Å². The van der Waals surface area contributed by atoms with E-state index in [1.165, 1.54) is 16.5 Å². The van der Waals surface area contributed by atoms with E-state index in [4.69, 9.17) is 0 Å². The van der Waals surface area contributed by atoms with Crippen molar-refractivity contribution in [1.82, 2.24) is 9.88 Å². The third kappa shape index (κ3) is 3.93. The second-order valence-corrected chi connectivity index (χ2v) is 6.99. The Labute approximate surface area is 148 Å². The number of fused-ring (bicyclic) bond motifs is 1. The second kappa shape index (κ2) is 7.14. The maximum Gasteiger partial charge on any atom is 0.223 e. The molecule has 25 heavy (non-hydrogen) atoms. The van der Waals surface area contributed by atoms with Crippen molar-refractivity contribution in [1.29, 1.82) is 0 Å². The van der Waals surface area contributed by atoms with Crippen molar-refractivity contribution in [3.63, 3.8) is 0 Å². The minimum absolute atomic E-state index is 0.296. The van der Waals surface area contributed by atoms with Gasteiger partial charge in [0.1, 0.15) is 0 Å². The van der Waals surface area contributed by atoms with Crippen molar-refractivity contribution in [3.8, 4) is 0 Å². The van der Waals surface area contributed by atoms with Gasteiger partial charge in [-0.05, 0) is 54.3 Å². The van der Waals surface area contributed by atoms with Crippen LogP contribution in [0.25, 0.3) is 10.9 Å². The fourth-order valence-corrected chi connectivity index (χ4v) is 3.43. The molecule has 0 spiro atoms. The number of carbonyl (C=O) groups excluding carboxylic acids is 1. The number of H-pyrrole nitrogens is 1. The normalized spacial score (nSPS) is 13.9. The fourth-order valence-electron chi connectivity index (χ4n) is 3.43. The van der Waals surface area contributed by atoms with Gasteiger partial charge in [0.25, 0.3) is 0 Å². The Hall–Kier alpha value is -2.55. The average molecular weight is 332 g/mol. The molecular formula is C22H24N2O. The summed E-state index contributed by atoms with van der Waals surface area (Å²) in [6.45, 7) is 0.726. The number of nitrogens with zero attached hydrogens (tertiary/aromatic N) is 1. The van der Waals surface area contributed by atoms with Gasteiger partial charge in [-0.25, -0.2) is 0 Å². The summed E-state index contributed by atoms with van der Waals surface area (Å²) in [6, 6.07) is 19.4. The number of nitrogens with one attached hydrogen (secondary N) is 1. The maximum atomic E-state index is 12.8. The van der Waals surface area contributed by atoms with Crippen molar-refractivity contribution in [2.24, 2.45) is 0 Å². The lowest BCUT2D eigenvalue weighted by Crippen LogP contribution is -2.32. The minimum Gasteiger partial charge on any atom is -0.361 e. The number of rotatable bonds is 7. The molecular weight excluding hydrogens is 308 g/mol. The van der Waals surface area contributed by atoms with Gasteiger partial charge >= 0.3 is 0 Å². The van der Waals surface area contributed by atoms with E-state index in [0.717, 1.165) is 37.7 Å². The summed E-state index contributed by atoms with van der Waals surface area (Å²) >= 11 is 0. The first-order valence-electron chi connectivity index (χ1n) is 9.19. The molecule has 128 valence electrons. The van der Waals surface area contributed by atoms with Gasteiger partial charge in [0.05, 0.1) is 0 Å². The Balaban J connectivity index is 1.37. The summed E-state index contributed by atoms with van der Waals surface area (Å²) in [5.41, 5.74) is 3.66. The van der Waals surface area contributed by atoms with Crippen molar-refractivity contribution in [3.05, 3.63) is 71.9 Å². The predicted molar refractivity (Wildman–Crippen MR) is 101 cm³/mol. The second-order valence-electron chi connectivity index (χ2n) is 6.99. The molecule has 3 nitrogen and oxygen atoms in total. The van der Waals surface area contributed by atoms with E-state index in [2.05, 4.69) is 58.4 Å². The first kappa shape index (κ1) is 15.9. The van der Waals surface area contributed by atoms with Crippen LogP contribution in [0.4, 0.5) is 0 Å². The average Bonchev–Trinajstić information content (AvgIpc) is 3.37. The molecule has 0 unspecified atom stereocenters. The van der Waals surface area contributed by atoms with Gasteiger partial charge in [-0.1, -0.05) is 42.5 Å². The molecule has 0 saturated heterocycles. The van der Waals surface area contributed by atoms with Crippen molar-refractivity contribution in [2.75, 3.05) is 0 Å². The summed E-state index contributed by atoms with van der Waals surface area (Å²) in [6.07, 6.45) is 6.78. The predicted octanol–water partition coefficient (Wildman–Crippen LogP) is 4.68. The number of hydrogen-bond donors (Lipinski definition) is 1. The number of aryl methyl sites for hydroxylation is 1. The van der Waals surface area contributed by atoms with Gasteiger partial charge in [-0.15, -0.1) is 0 Å². The monoisotopic (exact) mass is 332 g/mol. The molecule has 2 aromatic carbocycles. The SMILES string of the molecule is O=C(CCCc1ccccc1)N(Cc1ccc2cc[nH]c2c1)C1CC1. The van der Waals surface area contributed by atoms with Crippen LogP contribution >= 0.6 is 0 Å². The molecule has 1 N–H and O–H groups in total. The highest BCUT2D eigenvalue weighted by atomic mass is 16.2. The molecule has 0 bridgehead atoms. The zero-order chi connectivity index (χ0) is 17.1. The number of benzene rings is 2. The number of carbonyl (C=O) groups is 1. The van der Waals surface area contributed by atoms with Crippen LogP contribution in [-0.4, -0.2) is 21.8 Å². The van der Waals surface area contributed by atoms with Crippen LogP contribution in [-0.2, 0) is 17.8 Å². The van der Waals surface area contributed by atoms with Crippen molar-refractivity contribution >= 4 is 16.8 Å². The lowest BCUT2D eigenvalue weighted by atomic mass is 10.1. The number of aromatic amines is 1. The van der Waals surface area contributed by atoms with Crippen LogP contribution in [0.2, 0.25) is 0 Å². The van der Waals surface area contributed by atoms with Crippen LogP contribution in [0, 0.1) is 0 Å². The molecule has 0 atom stereocenters. The summed E-state index contributed by atoms with van der Waals surface area (Å²) in [5.74, 6) is 0.296. The Bertz CT molecular complexity index is 849. The molecule has 1 saturated carbocycles. The zero-order valence-electron chi connectivity index (χ0n) is 14.4. The van der Waals surface area contributed by atoms with Gasteiger partial charge in [-0.3, -0.25) is 4.79 Å². The lowest BCUT2D eigenvalue weighted by molar-refractivity contribution is -0.132. The highest BCUT2D eigenvalue weighted by molar-refractivity contribution is 5.80. The zero-order valence-corrected chi connectivity index (χ0v) is 14.4. The van der Waals surface area contributed by atoms with Gasteiger partial charge in [0.2, 0.25) is 5.91 Å². The molecule has 3 aromatic rings. The topological polar surface area (TPSA) is 36.1 Å². The van der Waals surface area contributed by atoms with Crippen LogP contribution < -0.4 is 0 Å². The van der Waals surface area contributed by atoms with Gasteiger partial charge in [0.15, 0.2) is 0 Å². The minimum atomic E-state index is 0.296. The molecule has 1 fully saturated rings. The van der Waals surface area contributed by atoms with E-state index in [1.807, 2.05) is 12.3 Å².